The van der Waals surface area contributed by atoms with E-state index in [1.54, 1.807) is 0 Å². The molecule has 82 valence electrons. The van der Waals surface area contributed by atoms with Gasteiger partial charge >= 0.3 is 0 Å². The van der Waals surface area contributed by atoms with Crippen molar-refractivity contribution in [1.29, 1.82) is 0 Å². The molecule has 0 radical (unpaired) electrons. The summed E-state index contributed by atoms with van der Waals surface area (Å²) in [5, 5.41) is 0.812. The van der Waals surface area contributed by atoms with Crippen molar-refractivity contribution in [2.45, 2.75) is 38.1 Å². The summed E-state index contributed by atoms with van der Waals surface area (Å²) in [7, 11) is 0. The van der Waals surface area contributed by atoms with E-state index < -0.39 is 0 Å². The molecule has 15 heavy (non-hydrogen) atoms. The van der Waals surface area contributed by atoms with Crippen LogP contribution in [-0.4, -0.2) is 6.04 Å². The van der Waals surface area contributed by atoms with Gasteiger partial charge in [-0.1, -0.05) is 36.6 Å². The summed E-state index contributed by atoms with van der Waals surface area (Å²) < 4.78 is 0. The first-order valence-electron chi connectivity index (χ1n) is 5.76. The van der Waals surface area contributed by atoms with Crippen molar-refractivity contribution in [1.82, 2.24) is 0 Å². The summed E-state index contributed by atoms with van der Waals surface area (Å²) in [5.41, 5.74) is 7.49. The second-order valence-electron chi connectivity index (χ2n) is 4.54. The number of hydrogen-bond donors (Lipinski definition) is 1. The molecule has 2 atom stereocenters. The van der Waals surface area contributed by atoms with E-state index in [1.165, 1.54) is 31.2 Å². The van der Waals surface area contributed by atoms with Crippen LogP contribution in [0.15, 0.2) is 24.3 Å². The summed E-state index contributed by atoms with van der Waals surface area (Å²) in [6.07, 6.45) is 6.23. The predicted molar refractivity (Wildman–Crippen MR) is 65.1 cm³/mol. The van der Waals surface area contributed by atoms with E-state index in [4.69, 9.17) is 17.3 Å². The van der Waals surface area contributed by atoms with Crippen molar-refractivity contribution >= 4 is 11.6 Å². The van der Waals surface area contributed by atoms with Gasteiger partial charge in [-0.05, 0) is 42.9 Å². The minimum absolute atomic E-state index is 0.398. The fourth-order valence-electron chi connectivity index (χ4n) is 2.41. The quantitative estimate of drug-likeness (QED) is 0.817. The Bertz CT molecular complexity index is 307. The van der Waals surface area contributed by atoms with E-state index in [-0.39, 0.29) is 0 Å². The lowest BCUT2D eigenvalue weighted by atomic mass is 9.81. The molecule has 0 saturated heterocycles. The lowest BCUT2D eigenvalue weighted by Crippen LogP contribution is -2.34. The van der Waals surface area contributed by atoms with Crippen LogP contribution in [0.2, 0.25) is 5.02 Å². The second kappa shape index (κ2) is 5.00. The zero-order chi connectivity index (χ0) is 10.7. The summed E-state index contributed by atoms with van der Waals surface area (Å²) >= 11 is 5.86. The van der Waals surface area contributed by atoms with Gasteiger partial charge in [0.2, 0.25) is 0 Å². The first kappa shape index (κ1) is 11.0. The molecule has 2 rings (SSSR count). The number of hydrogen-bond acceptors (Lipinski definition) is 1. The standard InChI is InChI=1S/C13H18ClN/c14-12-7-5-10(6-8-12)9-11-3-1-2-4-13(11)15/h5-8,11,13H,1-4,9,15H2/t11-,13-/m1/s1. The van der Waals surface area contributed by atoms with Gasteiger partial charge in [-0.25, -0.2) is 0 Å². The van der Waals surface area contributed by atoms with Crippen molar-refractivity contribution < 1.29 is 0 Å². The highest BCUT2D eigenvalue weighted by atomic mass is 35.5. The fourth-order valence-corrected chi connectivity index (χ4v) is 2.54. The van der Waals surface area contributed by atoms with E-state index in [2.05, 4.69) is 12.1 Å². The zero-order valence-electron chi connectivity index (χ0n) is 8.95. The van der Waals surface area contributed by atoms with Crippen LogP contribution in [0, 0.1) is 5.92 Å². The molecule has 1 aromatic rings. The monoisotopic (exact) mass is 223 g/mol. The minimum atomic E-state index is 0.398. The lowest BCUT2D eigenvalue weighted by Gasteiger charge is -2.28. The van der Waals surface area contributed by atoms with Crippen LogP contribution in [0.5, 0.6) is 0 Å². The maximum absolute atomic E-state index is 6.13. The number of halogens is 1. The molecule has 0 aliphatic heterocycles. The molecule has 1 fully saturated rings. The van der Waals surface area contributed by atoms with Gasteiger partial charge in [-0.15, -0.1) is 0 Å². The molecule has 0 aromatic heterocycles. The zero-order valence-corrected chi connectivity index (χ0v) is 9.71. The van der Waals surface area contributed by atoms with Gasteiger partial charge < -0.3 is 5.73 Å². The van der Waals surface area contributed by atoms with E-state index in [0.29, 0.717) is 12.0 Å². The SMILES string of the molecule is N[C@@H]1CCCC[C@@H]1Cc1ccc(Cl)cc1. The van der Waals surface area contributed by atoms with E-state index in [9.17, 15) is 0 Å². The first-order chi connectivity index (χ1) is 7.25. The molecular formula is C13H18ClN. The van der Waals surface area contributed by atoms with Crippen molar-refractivity contribution in [3.05, 3.63) is 34.9 Å². The molecule has 1 aromatic carbocycles. The van der Waals surface area contributed by atoms with Crippen LogP contribution in [0.25, 0.3) is 0 Å². The van der Waals surface area contributed by atoms with Crippen molar-refractivity contribution in [2.24, 2.45) is 11.7 Å². The summed E-state index contributed by atoms with van der Waals surface area (Å²) in [4.78, 5) is 0. The predicted octanol–water partition coefficient (Wildman–Crippen LogP) is 3.40. The van der Waals surface area contributed by atoms with Gasteiger partial charge in [0.1, 0.15) is 0 Å². The Morgan fingerprint density at radius 1 is 1.13 bits per heavy atom. The molecule has 0 bridgehead atoms. The normalized spacial score (nSPS) is 26.5. The van der Waals surface area contributed by atoms with Crippen LogP contribution in [0.1, 0.15) is 31.2 Å². The van der Waals surface area contributed by atoms with Crippen LogP contribution in [0.3, 0.4) is 0 Å². The van der Waals surface area contributed by atoms with Gasteiger partial charge in [0, 0.05) is 11.1 Å². The average Bonchev–Trinajstić information content (AvgIpc) is 2.25. The molecular weight excluding hydrogens is 206 g/mol. The molecule has 1 nitrogen and oxygen atoms in total. The highest BCUT2D eigenvalue weighted by molar-refractivity contribution is 6.30. The fraction of sp³-hybridized carbons (Fsp3) is 0.538. The van der Waals surface area contributed by atoms with Gasteiger partial charge in [-0.2, -0.15) is 0 Å². The minimum Gasteiger partial charge on any atom is -0.327 e. The molecule has 1 aliphatic rings. The van der Waals surface area contributed by atoms with Crippen molar-refractivity contribution in [2.75, 3.05) is 0 Å². The molecule has 0 heterocycles. The van der Waals surface area contributed by atoms with E-state index >= 15 is 0 Å². The highest BCUT2D eigenvalue weighted by Crippen LogP contribution is 2.26. The Kier molecular flexibility index (Phi) is 3.66. The molecule has 1 saturated carbocycles. The Morgan fingerprint density at radius 3 is 2.47 bits per heavy atom. The van der Waals surface area contributed by atoms with Crippen LogP contribution in [-0.2, 0) is 6.42 Å². The molecule has 1 aliphatic carbocycles. The van der Waals surface area contributed by atoms with Crippen LogP contribution >= 0.6 is 11.6 Å². The highest BCUT2D eigenvalue weighted by Gasteiger charge is 2.21. The number of rotatable bonds is 2. The maximum atomic E-state index is 6.13. The first-order valence-corrected chi connectivity index (χ1v) is 6.13. The molecule has 2 heteroatoms. The Labute approximate surface area is 96.6 Å². The Morgan fingerprint density at radius 2 is 1.80 bits per heavy atom. The number of nitrogens with two attached hydrogens (primary N) is 1. The molecule has 0 spiro atoms. The number of benzene rings is 1. The second-order valence-corrected chi connectivity index (χ2v) is 4.98. The average molecular weight is 224 g/mol. The van der Waals surface area contributed by atoms with Crippen LogP contribution < -0.4 is 5.73 Å². The maximum Gasteiger partial charge on any atom is 0.0406 e. The molecule has 0 amide bonds. The summed E-state index contributed by atoms with van der Waals surface area (Å²) in [5.74, 6) is 0.667. The topological polar surface area (TPSA) is 26.0 Å². The van der Waals surface area contributed by atoms with Gasteiger partial charge in [-0.3, -0.25) is 0 Å². The van der Waals surface area contributed by atoms with Gasteiger partial charge in [0.25, 0.3) is 0 Å². The third-order valence-corrected chi connectivity index (χ3v) is 3.63. The lowest BCUT2D eigenvalue weighted by molar-refractivity contribution is 0.306. The van der Waals surface area contributed by atoms with Gasteiger partial charge in [0.05, 0.1) is 0 Å². The molecule has 0 unspecified atom stereocenters. The molecule has 2 N–H and O–H groups in total. The Balaban J connectivity index is 1.98. The summed E-state index contributed by atoms with van der Waals surface area (Å²) in [6.45, 7) is 0. The Hall–Kier alpha value is -0.530. The largest absolute Gasteiger partial charge is 0.327 e. The van der Waals surface area contributed by atoms with E-state index in [0.717, 1.165) is 11.4 Å². The van der Waals surface area contributed by atoms with Gasteiger partial charge in [0.15, 0.2) is 0 Å². The van der Waals surface area contributed by atoms with Crippen molar-refractivity contribution in [3.8, 4) is 0 Å². The summed E-state index contributed by atoms with van der Waals surface area (Å²) in [6, 6.07) is 8.55. The van der Waals surface area contributed by atoms with Crippen LogP contribution in [0.4, 0.5) is 0 Å². The van der Waals surface area contributed by atoms with Crippen molar-refractivity contribution in [3.63, 3.8) is 0 Å². The van der Waals surface area contributed by atoms with E-state index in [1.807, 2.05) is 12.1 Å². The smallest absolute Gasteiger partial charge is 0.0406 e. The third-order valence-electron chi connectivity index (χ3n) is 3.38. The third kappa shape index (κ3) is 2.96.